The highest BCUT2D eigenvalue weighted by Crippen LogP contribution is 2.20. The summed E-state index contributed by atoms with van der Waals surface area (Å²) in [5, 5.41) is 7.83. The predicted octanol–water partition coefficient (Wildman–Crippen LogP) is 3.06. The van der Waals surface area contributed by atoms with Gasteiger partial charge in [-0.25, -0.2) is 0 Å². The first-order valence-corrected chi connectivity index (χ1v) is 8.09. The number of aromatic nitrogens is 4. The van der Waals surface area contributed by atoms with Crippen LogP contribution in [0.4, 0.5) is 5.69 Å². The van der Waals surface area contributed by atoms with Gasteiger partial charge in [0.15, 0.2) is 5.82 Å². The van der Waals surface area contributed by atoms with Gasteiger partial charge in [-0.15, -0.1) is 0 Å². The smallest absolute Gasteiger partial charge is 0.226 e. The summed E-state index contributed by atoms with van der Waals surface area (Å²) in [5.41, 5.74) is 2.12. The molecule has 7 nitrogen and oxygen atoms in total. The van der Waals surface area contributed by atoms with E-state index in [1.807, 2.05) is 12.1 Å². The molecule has 0 saturated carbocycles. The van der Waals surface area contributed by atoms with Crippen LogP contribution in [0.5, 0.6) is 0 Å². The summed E-state index contributed by atoms with van der Waals surface area (Å²) in [6.45, 7) is 4.89. The van der Waals surface area contributed by atoms with Crippen molar-refractivity contribution >= 4 is 5.69 Å². The van der Waals surface area contributed by atoms with Gasteiger partial charge in [0.25, 0.3) is 0 Å². The minimum atomic E-state index is 0.615. The first-order chi connectivity index (χ1) is 11.7. The van der Waals surface area contributed by atoms with E-state index in [4.69, 9.17) is 9.05 Å². The number of hydrogen-bond donors (Lipinski definition) is 0. The molecule has 0 aliphatic rings. The number of rotatable bonds is 7. The fraction of sp³-hybridized carbons (Fsp3) is 0.412. The summed E-state index contributed by atoms with van der Waals surface area (Å²) in [7, 11) is 2.06. The molecule has 24 heavy (non-hydrogen) atoms. The van der Waals surface area contributed by atoms with E-state index in [-0.39, 0.29) is 0 Å². The molecule has 0 atom stereocenters. The summed E-state index contributed by atoms with van der Waals surface area (Å²) in [5.74, 6) is 2.53. The maximum Gasteiger partial charge on any atom is 0.226 e. The number of aryl methyl sites for hydroxylation is 3. The number of nitrogens with zero attached hydrogens (tertiary/aromatic N) is 5. The molecular formula is C17H21N5O2. The van der Waals surface area contributed by atoms with E-state index in [9.17, 15) is 0 Å². The third-order valence-electron chi connectivity index (χ3n) is 3.86. The lowest BCUT2D eigenvalue weighted by Crippen LogP contribution is -2.15. The highest BCUT2D eigenvalue weighted by molar-refractivity contribution is 5.59. The second-order valence-corrected chi connectivity index (χ2v) is 5.66. The van der Waals surface area contributed by atoms with Gasteiger partial charge in [0.05, 0.1) is 0 Å². The van der Waals surface area contributed by atoms with E-state index in [1.54, 1.807) is 6.92 Å². The Morgan fingerprint density at radius 3 is 2.25 bits per heavy atom. The van der Waals surface area contributed by atoms with E-state index >= 15 is 0 Å². The molecule has 7 heteroatoms. The molecule has 3 rings (SSSR count). The van der Waals surface area contributed by atoms with Gasteiger partial charge in [0, 0.05) is 37.7 Å². The Hall–Kier alpha value is -2.70. The normalized spacial score (nSPS) is 11.0. The van der Waals surface area contributed by atoms with Crippen molar-refractivity contribution in [3.8, 4) is 11.4 Å². The topological polar surface area (TPSA) is 81.1 Å². The first kappa shape index (κ1) is 16.2. The van der Waals surface area contributed by atoms with Gasteiger partial charge in [-0.2, -0.15) is 9.97 Å². The zero-order valence-corrected chi connectivity index (χ0v) is 14.2. The standard InChI is InChI=1S/C17H21N5O2/c1-4-22(3)14-10-8-13(9-11-14)17-19-16(24-21-17)7-5-6-15-18-12(2)20-23-15/h8-11H,4-7H2,1-3H3. The van der Waals surface area contributed by atoms with Crippen LogP contribution in [0.3, 0.4) is 0 Å². The summed E-state index contributed by atoms with van der Waals surface area (Å²) < 4.78 is 10.4. The second kappa shape index (κ2) is 7.25. The monoisotopic (exact) mass is 327 g/mol. The van der Waals surface area contributed by atoms with Crippen molar-refractivity contribution in [1.82, 2.24) is 20.3 Å². The molecule has 2 aromatic heterocycles. The van der Waals surface area contributed by atoms with E-state index in [0.717, 1.165) is 18.5 Å². The lowest BCUT2D eigenvalue weighted by molar-refractivity contribution is 0.358. The summed E-state index contributed by atoms with van der Waals surface area (Å²) in [4.78, 5) is 10.8. The molecule has 126 valence electrons. The van der Waals surface area contributed by atoms with Crippen molar-refractivity contribution in [3.05, 3.63) is 41.9 Å². The Kier molecular flexibility index (Phi) is 4.88. The summed E-state index contributed by atoms with van der Waals surface area (Å²) in [6.07, 6.45) is 2.21. The van der Waals surface area contributed by atoms with Crippen LogP contribution < -0.4 is 4.90 Å². The van der Waals surface area contributed by atoms with Crippen LogP contribution in [-0.2, 0) is 12.8 Å². The molecule has 0 saturated heterocycles. The number of benzene rings is 1. The molecule has 3 aromatic rings. The van der Waals surface area contributed by atoms with Crippen molar-refractivity contribution < 1.29 is 9.05 Å². The Labute approximate surface area is 140 Å². The highest BCUT2D eigenvalue weighted by atomic mass is 16.5. The van der Waals surface area contributed by atoms with Gasteiger partial charge < -0.3 is 13.9 Å². The molecule has 0 bridgehead atoms. The Morgan fingerprint density at radius 2 is 1.62 bits per heavy atom. The Morgan fingerprint density at radius 1 is 0.958 bits per heavy atom. The molecular weight excluding hydrogens is 306 g/mol. The molecule has 0 unspecified atom stereocenters. The fourth-order valence-corrected chi connectivity index (χ4v) is 2.35. The molecule has 0 N–H and O–H groups in total. The predicted molar refractivity (Wildman–Crippen MR) is 89.7 cm³/mol. The SMILES string of the molecule is CCN(C)c1ccc(-c2noc(CCCc3nc(C)no3)n2)cc1. The highest BCUT2D eigenvalue weighted by Gasteiger charge is 2.10. The molecule has 2 heterocycles. The first-order valence-electron chi connectivity index (χ1n) is 8.09. The number of anilines is 1. The van der Waals surface area contributed by atoms with Crippen molar-refractivity contribution in [2.24, 2.45) is 0 Å². The van der Waals surface area contributed by atoms with Crippen molar-refractivity contribution in [1.29, 1.82) is 0 Å². The molecule has 0 radical (unpaired) electrons. The lowest BCUT2D eigenvalue weighted by Gasteiger charge is -2.16. The van der Waals surface area contributed by atoms with Gasteiger partial charge >= 0.3 is 0 Å². The van der Waals surface area contributed by atoms with Crippen molar-refractivity contribution in [3.63, 3.8) is 0 Å². The van der Waals surface area contributed by atoms with Crippen LogP contribution in [-0.4, -0.2) is 33.9 Å². The number of hydrogen-bond acceptors (Lipinski definition) is 7. The fourth-order valence-electron chi connectivity index (χ4n) is 2.35. The van der Waals surface area contributed by atoms with Crippen LogP contribution in [0.15, 0.2) is 33.3 Å². The Balaban J connectivity index is 1.58. The van der Waals surface area contributed by atoms with Crippen molar-refractivity contribution in [2.75, 3.05) is 18.5 Å². The average Bonchev–Trinajstić information content (AvgIpc) is 3.24. The third-order valence-corrected chi connectivity index (χ3v) is 3.86. The molecule has 0 spiro atoms. The van der Waals surface area contributed by atoms with Crippen LogP contribution in [0.25, 0.3) is 11.4 Å². The van der Waals surface area contributed by atoms with Gasteiger partial charge in [-0.1, -0.05) is 10.3 Å². The molecule has 0 aliphatic heterocycles. The van der Waals surface area contributed by atoms with Crippen LogP contribution in [0.2, 0.25) is 0 Å². The molecule has 1 aromatic carbocycles. The minimum absolute atomic E-state index is 0.615. The largest absolute Gasteiger partial charge is 0.375 e. The van der Waals surface area contributed by atoms with Crippen LogP contribution >= 0.6 is 0 Å². The van der Waals surface area contributed by atoms with Gasteiger partial charge in [0.2, 0.25) is 17.6 Å². The Bertz CT molecular complexity index is 778. The summed E-state index contributed by atoms with van der Waals surface area (Å²) >= 11 is 0. The van der Waals surface area contributed by atoms with Crippen LogP contribution in [0, 0.1) is 6.92 Å². The lowest BCUT2D eigenvalue weighted by atomic mass is 10.2. The minimum Gasteiger partial charge on any atom is -0.375 e. The zero-order valence-electron chi connectivity index (χ0n) is 14.2. The third kappa shape index (κ3) is 3.79. The van der Waals surface area contributed by atoms with E-state index in [2.05, 4.69) is 51.3 Å². The van der Waals surface area contributed by atoms with Crippen molar-refractivity contribution in [2.45, 2.75) is 33.1 Å². The molecule has 0 amide bonds. The van der Waals surface area contributed by atoms with Gasteiger partial charge in [0.1, 0.15) is 0 Å². The van der Waals surface area contributed by atoms with Crippen LogP contribution in [0.1, 0.15) is 31.0 Å². The molecule has 0 aliphatic carbocycles. The quantitative estimate of drug-likeness (QED) is 0.659. The molecule has 0 fully saturated rings. The second-order valence-electron chi connectivity index (χ2n) is 5.66. The summed E-state index contributed by atoms with van der Waals surface area (Å²) in [6, 6.07) is 8.15. The maximum absolute atomic E-state index is 5.32. The van der Waals surface area contributed by atoms with E-state index in [0.29, 0.717) is 36.3 Å². The van der Waals surface area contributed by atoms with Gasteiger partial charge in [-0.3, -0.25) is 0 Å². The van der Waals surface area contributed by atoms with Gasteiger partial charge in [-0.05, 0) is 44.5 Å². The zero-order chi connectivity index (χ0) is 16.9. The van der Waals surface area contributed by atoms with E-state index < -0.39 is 0 Å². The average molecular weight is 327 g/mol. The maximum atomic E-state index is 5.32. The van der Waals surface area contributed by atoms with E-state index in [1.165, 1.54) is 5.69 Å².